The average molecular weight is 299 g/mol. The van der Waals surface area contributed by atoms with Crippen molar-refractivity contribution in [3.8, 4) is 5.75 Å². The van der Waals surface area contributed by atoms with Gasteiger partial charge in [0.05, 0.1) is 11.5 Å². The topological polar surface area (TPSA) is 75.6 Å². The van der Waals surface area contributed by atoms with Crippen LogP contribution in [0.4, 0.5) is 0 Å². The smallest absolute Gasteiger partial charge is 0.156 e. The standard InChI is InChI=1S/C14H21NO4S/c1-3-15-10(2)11-5-4-6-12(7-11)19-14-9-20(17,18)8-13(14)16/h4-7,10,13-16H,3,8-9H2,1-2H3. The molecule has 0 aliphatic carbocycles. The molecule has 6 heteroatoms. The molecular weight excluding hydrogens is 278 g/mol. The predicted molar refractivity (Wildman–Crippen MR) is 77.6 cm³/mol. The zero-order valence-electron chi connectivity index (χ0n) is 11.7. The summed E-state index contributed by atoms with van der Waals surface area (Å²) in [5.41, 5.74) is 1.07. The maximum Gasteiger partial charge on any atom is 0.156 e. The second-order valence-corrected chi connectivity index (χ2v) is 7.31. The van der Waals surface area contributed by atoms with Gasteiger partial charge in [-0.1, -0.05) is 19.1 Å². The molecule has 1 aliphatic heterocycles. The van der Waals surface area contributed by atoms with Crippen molar-refractivity contribution in [3.05, 3.63) is 29.8 Å². The summed E-state index contributed by atoms with van der Waals surface area (Å²) in [7, 11) is -3.19. The third kappa shape index (κ3) is 3.71. The summed E-state index contributed by atoms with van der Waals surface area (Å²) in [6.07, 6.45) is -1.63. The Kier molecular flexibility index (Phi) is 4.67. The molecule has 0 spiro atoms. The molecule has 0 bridgehead atoms. The normalized spacial score (nSPS) is 26.4. The van der Waals surface area contributed by atoms with Gasteiger partial charge in [-0.05, 0) is 31.2 Å². The Hall–Kier alpha value is -1.11. The molecule has 20 heavy (non-hydrogen) atoms. The molecule has 1 aromatic rings. The minimum absolute atomic E-state index is 0.124. The van der Waals surface area contributed by atoms with Crippen molar-refractivity contribution in [2.24, 2.45) is 0 Å². The molecule has 0 aromatic heterocycles. The fourth-order valence-electron chi connectivity index (χ4n) is 2.37. The van der Waals surface area contributed by atoms with Gasteiger partial charge >= 0.3 is 0 Å². The highest BCUT2D eigenvalue weighted by molar-refractivity contribution is 7.91. The predicted octanol–water partition coefficient (Wildman–Crippen LogP) is 0.894. The van der Waals surface area contributed by atoms with Gasteiger partial charge in [0.2, 0.25) is 0 Å². The largest absolute Gasteiger partial charge is 0.487 e. The molecule has 0 radical (unpaired) electrons. The van der Waals surface area contributed by atoms with Crippen LogP contribution < -0.4 is 10.1 Å². The van der Waals surface area contributed by atoms with Crippen LogP contribution in [0.5, 0.6) is 5.75 Å². The summed E-state index contributed by atoms with van der Waals surface area (Å²) in [5.74, 6) is 0.250. The van der Waals surface area contributed by atoms with Crippen molar-refractivity contribution < 1.29 is 18.3 Å². The SMILES string of the molecule is CCNC(C)c1cccc(OC2CS(=O)(=O)CC2O)c1. The van der Waals surface area contributed by atoms with Gasteiger partial charge in [-0.25, -0.2) is 8.42 Å². The van der Waals surface area contributed by atoms with E-state index in [2.05, 4.69) is 12.2 Å². The van der Waals surface area contributed by atoms with Gasteiger partial charge in [0.1, 0.15) is 18.0 Å². The van der Waals surface area contributed by atoms with Gasteiger partial charge in [0, 0.05) is 6.04 Å². The highest BCUT2D eigenvalue weighted by Crippen LogP contribution is 2.23. The molecule has 1 saturated heterocycles. The zero-order valence-corrected chi connectivity index (χ0v) is 12.6. The summed E-state index contributed by atoms with van der Waals surface area (Å²) in [6.45, 7) is 4.96. The fraction of sp³-hybridized carbons (Fsp3) is 0.571. The highest BCUT2D eigenvalue weighted by Gasteiger charge is 2.38. The molecule has 2 N–H and O–H groups in total. The molecule has 0 amide bonds. The fourth-order valence-corrected chi connectivity index (χ4v) is 4.03. The molecule has 3 unspecified atom stereocenters. The van der Waals surface area contributed by atoms with Crippen LogP contribution in [0, 0.1) is 0 Å². The van der Waals surface area contributed by atoms with Gasteiger partial charge in [0.25, 0.3) is 0 Å². The lowest BCUT2D eigenvalue weighted by Gasteiger charge is -2.18. The maximum absolute atomic E-state index is 11.5. The molecule has 1 aromatic carbocycles. The van der Waals surface area contributed by atoms with Crippen LogP contribution in [0.2, 0.25) is 0 Å². The minimum atomic E-state index is -3.19. The van der Waals surface area contributed by atoms with Crippen molar-refractivity contribution in [1.82, 2.24) is 5.32 Å². The number of rotatable bonds is 5. The van der Waals surface area contributed by atoms with Crippen molar-refractivity contribution >= 4 is 9.84 Å². The molecule has 3 atom stereocenters. The quantitative estimate of drug-likeness (QED) is 0.844. The van der Waals surface area contributed by atoms with Gasteiger partial charge in [-0.2, -0.15) is 0 Å². The first-order chi connectivity index (χ1) is 9.41. The van der Waals surface area contributed by atoms with E-state index in [1.807, 2.05) is 25.1 Å². The Morgan fingerprint density at radius 1 is 1.45 bits per heavy atom. The lowest BCUT2D eigenvalue weighted by molar-refractivity contribution is 0.0737. The minimum Gasteiger partial charge on any atom is -0.487 e. The van der Waals surface area contributed by atoms with Gasteiger partial charge < -0.3 is 15.2 Å². The van der Waals surface area contributed by atoms with Crippen molar-refractivity contribution in [3.63, 3.8) is 0 Å². The van der Waals surface area contributed by atoms with E-state index >= 15 is 0 Å². The Bertz CT molecular complexity index is 558. The van der Waals surface area contributed by atoms with Crippen molar-refractivity contribution in [1.29, 1.82) is 0 Å². The third-order valence-corrected chi connectivity index (χ3v) is 5.11. The Labute approximate surface area is 119 Å². The summed E-state index contributed by atoms with van der Waals surface area (Å²) in [4.78, 5) is 0. The van der Waals surface area contributed by atoms with E-state index in [-0.39, 0.29) is 17.5 Å². The van der Waals surface area contributed by atoms with Gasteiger partial charge in [-0.15, -0.1) is 0 Å². The summed E-state index contributed by atoms with van der Waals surface area (Å²) < 4.78 is 28.5. The molecule has 1 aliphatic rings. The van der Waals surface area contributed by atoms with Crippen LogP contribution in [-0.2, 0) is 9.84 Å². The van der Waals surface area contributed by atoms with E-state index < -0.39 is 22.0 Å². The van der Waals surface area contributed by atoms with E-state index in [0.29, 0.717) is 5.75 Å². The number of aliphatic hydroxyl groups excluding tert-OH is 1. The lowest BCUT2D eigenvalue weighted by atomic mass is 10.1. The molecular formula is C14H21NO4S. The van der Waals surface area contributed by atoms with E-state index in [9.17, 15) is 13.5 Å². The van der Waals surface area contributed by atoms with Crippen LogP contribution in [-0.4, -0.2) is 43.8 Å². The molecule has 1 heterocycles. The number of benzene rings is 1. The Balaban J connectivity index is 2.09. The molecule has 5 nitrogen and oxygen atoms in total. The Morgan fingerprint density at radius 2 is 2.20 bits per heavy atom. The van der Waals surface area contributed by atoms with E-state index in [1.165, 1.54) is 0 Å². The third-order valence-electron chi connectivity index (χ3n) is 3.43. The van der Waals surface area contributed by atoms with Gasteiger partial charge in [0.15, 0.2) is 9.84 Å². The average Bonchev–Trinajstić information content (AvgIpc) is 2.63. The molecule has 112 valence electrons. The van der Waals surface area contributed by atoms with E-state index in [0.717, 1.165) is 12.1 Å². The number of aliphatic hydroxyl groups is 1. The van der Waals surface area contributed by atoms with Crippen LogP contribution in [0.25, 0.3) is 0 Å². The first-order valence-electron chi connectivity index (χ1n) is 6.80. The lowest BCUT2D eigenvalue weighted by Crippen LogP contribution is -2.29. The van der Waals surface area contributed by atoms with E-state index in [1.54, 1.807) is 6.07 Å². The molecule has 0 saturated carbocycles. The van der Waals surface area contributed by atoms with Crippen LogP contribution in [0.1, 0.15) is 25.5 Å². The monoisotopic (exact) mass is 299 g/mol. The number of hydrogen-bond donors (Lipinski definition) is 2. The van der Waals surface area contributed by atoms with Gasteiger partial charge in [-0.3, -0.25) is 0 Å². The van der Waals surface area contributed by atoms with Crippen LogP contribution in [0.15, 0.2) is 24.3 Å². The first kappa shape index (κ1) is 15.3. The number of hydrogen-bond acceptors (Lipinski definition) is 5. The summed E-state index contributed by atoms with van der Waals surface area (Å²) >= 11 is 0. The van der Waals surface area contributed by atoms with Crippen molar-refractivity contribution in [2.45, 2.75) is 32.1 Å². The van der Waals surface area contributed by atoms with E-state index in [4.69, 9.17) is 4.74 Å². The second kappa shape index (κ2) is 6.11. The summed E-state index contributed by atoms with van der Waals surface area (Å²) in [5, 5.41) is 13.0. The number of sulfone groups is 1. The van der Waals surface area contributed by atoms with Crippen molar-refractivity contribution in [2.75, 3.05) is 18.1 Å². The van der Waals surface area contributed by atoms with Crippen LogP contribution >= 0.6 is 0 Å². The zero-order chi connectivity index (χ0) is 14.8. The number of nitrogens with one attached hydrogen (secondary N) is 1. The Morgan fingerprint density at radius 3 is 2.80 bits per heavy atom. The van der Waals surface area contributed by atoms with Crippen LogP contribution in [0.3, 0.4) is 0 Å². The summed E-state index contributed by atoms with van der Waals surface area (Å²) in [6, 6.07) is 7.71. The number of ether oxygens (including phenoxy) is 1. The second-order valence-electron chi connectivity index (χ2n) is 5.15. The highest BCUT2D eigenvalue weighted by atomic mass is 32.2. The molecule has 1 fully saturated rings. The molecule has 2 rings (SSSR count). The first-order valence-corrected chi connectivity index (χ1v) is 8.62. The maximum atomic E-state index is 11.5.